The maximum Gasteiger partial charge on any atom is 0.246 e. The van der Waals surface area contributed by atoms with Crippen LogP contribution in [0.25, 0.3) is 0 Å². The molecular formula is C17H28N2O2. The molecule has 0 aromatic carbocycles. The fourth-order valence-corrected chi connectivity index (χ4v) is 3.30. The normalized spacial score (nSPS) is 19.7. The van der Waals surface area contributed by atoms with Crippen molar-refractivity contribution in [3.05, 3.63) is 11.6 Å². The van der Waals surface area contributed by atoms with Crippen LogP contribution in [0.5, 0.6) is 0 Å². The zero-order valence-corrected chi connectivity index (χ0v) is 13.4. The number of hydrogen-bond acceptors (Lipinski definition) is 2. The topological polar surface area (TPSA) is 40.6 Å². The molecular weight excluding hydrogens is 264 g/mol. The quantitative estimate of drug-likeness (QED) is 0.747. The number of hydrogen-bond donors (Lipinski definition) is 0. The Bertz CT molecular complexity index is 399. The first kappa shape index (κ1) is 16.1. The molecule has 4 nitrogen and oxygen atoms in total. The maximum absolute atomic E-state index is 12.2. The van der Waals surface area contributed by atoms with Crippen molar-refractivity contribution in [3.63, 3.8) is 0 Å². The third kappa shape index (κ3) is 4.87. The third-order valence-corrected chi connectivity index (χ3v) is 4.60. The molecule has 0 radical (unpaired) electrons. The molecule has 1 heterocycles. The van der Waals surface area contributed by atoms with Crippen LogP contribution in [-0.4, -0.2) is 47.8 Å². The first-order valence-corrected chi connectivity index (χ1v) is 8.28. The van der Waals surface area contributed by atoms with Gasteiger partial charge in [0.1, 0.15) is 0 Å². The summed E-state index contributed by atoms with van der Waals surface area (Å²) in [6.45, 7) is 6.56. The van der Waals surface area contributed by atoms with Crippen molar-refractivity contribution in [3.8, 4) is 0 Å². The van der Waals surface area contributed by atoms with E-state index in [-0.39, 0.29) is 11.8 Å². The molecule has 0 bridgehead atoms. The summed E-state index contributed by atoms with van der Waals surface area (Å²) >= 11 is 0. The highest BCUT2D eigenvalue weighted by Crippen LogP contribution is 2.28. The lowest BCUT2D eigenvalue weighted by atomic mass is 10.0. The summed E-state index contributed by atoms with van der Waals surface area (Å²) in [5, 5.41) is 0. The Morgan fingerprint density at radius 1 is 1.00 bits per heavy atom. The number of carbonyl (C=O) groups is 2. The standard InChI is InChI=1S/C17H28N2O2/c1-14(2)13-17(21)19-11-9-18(10-12-19)16(20)8-7-15-5-3-4-6-15/h13,15H,3-12H2,1-2H3. The Balaban J connectivity index is 1.71. The predicted molar refractivity (Wildman–Crippen MR) is 83.8 cm³/mol. The number of rotatable bonds is 4. The third-order valence-electron chi connectivity index (χ3n) is 4.60. The van der Waals surface area contributed by atoms with Gasteiger partial charge in [0.2, 0.25) is 11.8 Å². The van der Waals surface area contributed by atoms with Crippen molar-refractivity contribution in [2.75, 3.05) is 26.2 Å². The van der Waals surface area contributed by atoms with E-state index in [2.05, 4.69) is 0 Å². The minimum atomic E-state index is 0.0769. The molecule has 1 aliphatic carbocycles. The van der Waals surface area contributed by atoms with E-state index in [9.17, 15) is 9.59 Å². The summed E-state index contributed by atoms with van der Waals surface area (Å²) in [4.78, 5) is 27.9. The average molecular weight is 292 g/mol. The van der Waals surface area contributed by atoms with Crippen molar-refractivity contribution in [2.24, 2.45) is 5.92 Å². The van der Waals surface area contributed by atoms with Gasteiger partial charge in [0.15, 0.2) is 0 Å². The van der Waals surface area contributed by atoms with Crippen LogP contribution in [0.1, 0.15) is 52.4 Å². The predicted octanol–water partition coefficient (Wildman–Crippen LogP) is 2.59. The molecule has 0 unspecified atom stereocenters. The van der Waals surface area contributed by atoms with Crippen LogP contribution in [0.3, 0.4) is 0 Å². The van der Waals surface area contributed by atoms with Gasteiger partial charge in [-0.05, 0) is 26.2 Å². The number of piperazine rings is 1. The minimum Gasteiger partial charge on any atom is -0.339 e. The molecule has 118 valence electrons. The number of allylic oxidation sites excluding steroid dienone is 1. The molecule has 2 rings (SSSR count). The second-order valence-electron chi connectivity index (χ2n) is 6.62. The van der Waals surface area contributed by atoms with E-state index in [1.165, 1.54) is 25.7 Å². The van der Waals surface area contributed by atoms with Crippen molar-refractivity contribution in [1.82, 2.24) is 9.80 Å². The SMILES string of the molecule is CC(C)=CC(=O)N1CCN(C(=O)CCC2CCCC2)CC1. The molecule has 2 fully saturated rings. The molecule has 0 spiro atoms. The molecule has 2 amide bonds. The Morgan fingerprint density at radius 3 is 2.14 bits per heavy atom. The highest BCUT2D eigenvalue weighted by atomic mass is 16.2. The Kier molecular flexibility index (Phi) is 5.83. The van der Waals surface area contributed by atoms with Gasteiger partial charge in [-0.3, -0.25) is 9.59 Å². The molecule has 1 saturated heterocycles. The van der Waals surface area contributed by atoms with Crippen molar-refractivity contribution < 1.29 is 9.59 Å². The van der Waals surface area contributed by atoms with Crippen LogP contribution in [0, 0.1) is 5.92 Å². The van der Waals surface area contributed by atoms with E-state index in [0.29, 0.717) is 32.6 Å². The highest BCUT2D eigenvalue weighted by molar-refractivity contribution is 5.88. The molecule has 1 saturated carbocycles. The largest absolute Gasteiger partial charge is 0.339 e. The van der Waals surface area contributed by atoms with E-state index < -0.39 is 0 Å². The molecule has 21 heavy (non-hydrogen) atoms. The van der Waals surface area contributed by atoms with Gasteiger partial charge in [-0.1, -0.05) is 31.3 Å². The molecule has 0 N–H and O–H groups in total. The van der Waals surface area contributed by atoms with Gasteiger partial charge in [0.25, 0.3) is 0 Å². The second kappa shape index (κ2) is 7.62. The maximum atomic E-state index is 12.2. The van der Waals surface area contributed by atoms with Crippen LogP contribution >= 0.6 is 0 Å². The zero-order chi connectivity index (χ0) is 15.2. The molecule has 0 atom stereocenters. The van der Waals surface area contributed by atoms with Crippen molar-refractivity contribution in [1.29, 1.82) is 0 Å². The van der Waals surface area contributed by atoms with Gasteiger partial charge in [-0.15, -0.1) is 0 Å². The average Bonchev–Trinajstić information content (AvgIpc) is 2.97. The van der Waals surface area contributed by atoms with Crippen LogP contribution in [0.15, 0.2) is 11.6 Å². The first-order chi connectivity index (χ1) is 10.1. The molecule has 4 heteroatoms. The van der Waals surface area contributed by atoms with Crippen molar-refractivity contribution in [2.45, 2.75) is 52.4 Å². The van der Waals surface area contributed by atoms with Gasteiger partial charge in [-0.2, -0.15) is 0 Å². The van der Waals surface area contributed by atoms with Gasteiger partial charge in [0.05, 0.1) is 0 Å². The van der Waals surface area contributed by atoms with E-state index in [0.717, 1.165) is 17.9 Å². The van der Waals surface area contributed by atoms with Crippen LogP contribution < -0.4 is 0 Å². The lowest BCUT2D eigenvalue weighted by Crippen LogP contribution is -2.50. The van der Waals surface area contributed by atoms with Gasteiger partial charge >= 0.3 is 0 Å². The zero-order valence-electron chi connectivity index (χ0n) is 13.4. The summed E-state index contributed by atoms with van der Waals surface area (Å²) in [5.74, 6) is 1.12. The van der Waals surface area contributed by atoms with Gasteiger partial charge in [0, 0.05) is 38.7 Å². The summed E-state index contributed by atoms with van der Waals surface area (Å²) in [7, 11) is 0. The van der Waals surface area contributed by atoms with Crippen LogP contribution in [-0.2, 0) is 9.59 Å². The van der Waals surface area contributed by atoms with E-state index in [4.69, 9.17) is 0 Å². The Morgan fingerprint density at radius 2 is 1.57 bits per heavy atom. The van der Waals surface area contributed by atoms with Gasteiger partial charge < -0.3 is 9.80 Å². The lowest BCUT2D eigenvalue weighted by Gasteiger charge is -2.34. The molecule has 2 aliphatic rings. The fraction of sp³-hybridized carbons (Fsp3) is 0.765. The Labute approximate surface area is 128 Å². The summed E-state index contributed by atoms with van der Waals surface area (Å²) in [6.07, 6.45) is 8.70. The number of amides is 2. The number of nitrogens with zero attached hydrogens (tertiary/aromatic N) is 2. The number of carbonyl (C=O) groups excluding carboxylic acids is 2. The summed E-state index contributed by atoms with van der Waals surface area (Å²) in [6, 6.07) is 0. The van der Waals surface area contributed by atoms with Gasteiger partial charge in [-0.25, -0.2) is 0 Å². The molecule has 1 aliphatic heterocycles. The fourth-order valence-electron chi connectivity index (χ4n) is 3.30. The van der Waals surface area contributed by atoms with E-state index in [1.807, 2.05) is 23.6 Å². The van der Waals surface area contributed by atoms with E-state index >= 15 is 0 Å². The summed E-state index contributed by atoms with van der Waals surface area (Å²) < 4.78 is 0. The monoisotopic (exact) mass is 292 g/mol. The molecule has 0 aromatic rings. The smallest absolute Gasteiger partial charge is 0.246 e. The minimum absolute atomic E-state index is 0.0769. The van der Waals surface area contributed by atoms with Crippen LogP contribution in [0.2, 0.25) is 0 Å². The highest BCUT2D eigenvalue weighted by Gasteiger charge is 2.24. The van der Waals surface area contributed by atoms with E-state index in [1.54, 1.807) is 6.08 Å². The molecule has 0 aromatic heterocycles. The summed E-state index contributed by atoms with van der Waals surface area (Å²) in [5.41, 5.74) is 1.02. The Hall–Kier alpha value is -1.32. The first-order valence-electron chi connectivity index (χ1n) is 8.28. The lowest BCUT2D eigenvalue weighted by molar-refractivity contribution is -0.137. The van der Waals surface area contributed by atoms with Crippen molar-refractivity contribution >= 4 is 11.8 Å². The second-order valence-corrected chi connectivity index (χ2v) is 6.62. The van der Waals surface area contributed by atoms with Crippen LogP contribution in [0.4, 0.5) is 0 Å².